The molecule has 0 aliphatic carbocycles. The Kier molecular flexibility index (Phi) is 10.6. The Morgan fingerprint density at radius 2 is 1.67 bits per heavy atom. The number of hydrogen-bond acceptors (Lipinski definition) is 6. The molecule has 2 aromatic rings. The van der Waals surface area contributed by atoms with Gasteiger partial charge in [0.05, 0.1) is 25.7 Å². The van der Waals surface area contributed by atoms with E-state index < -0.39 is 28.5 Å². The van der Waals surface area contributed by atoms with Gasteiger partial charge in [-0.25, -0.2) is 8.42 Å². The summed E-state index contributed by atoms with van der Waals surface area (Å²) in [6.07, 6.45) is 1.40. The van der Waals surface area contributed by atoms with E-state index in [0.29, 0.717) is 24.5 Å². The van der Waals surface area contributed by atoms with Crippen molar-refractivity contribution in [1.82, 2.24) is 10.2 Å². The lowest BCUT2D eigenvalue weighted by Crippen LogP contribution is -2.53. The Bertz CT molecular complexity index is 1120. The molecule has 2 rings (SSSR count). The van der Waals surface area contributed by atoms with Gasteiger partial charge in [-0.3, -0.25) is 13.9 Å². The Balaban J connectivity index is 2.48. The Hall–Kier alpha value is -3.27. The van der Waals surface area contributed by atoms with Crippen LogP contribution in [0.2, 0.25) is 0 Å². The SMILES string of the molecule is CCOc1ccccc1N(CC(=O)N(Cc1ccc(OC)cc1)[C@H](CC)C(=O)NC(C)C)S(C)(=O)=O. The second-order valence-electron chi connectivity index (χ2n) is 8.63. The van der Waals surface area contributed by atoms with Crippen molar-refractivity contribution in [2.75, 3.05) is 30.8 Å². The Morgan fingerprint density at radius 1 is 1.03 bits per heavy atom. The van der Waals surface area contributed by atoms with Crippen molar-refractivity contribution in [1.29, 1.82) is 0 Å². The smallest absolute Gasteiger partial charge is 0.244 e. The van der Waals surface area contributed by atoms with E-state index in [2.05, 4.69) is 5.32 Å². The quantitative estimate of drug-likeness (QED) is 0.436. The van der Waals surface area contributed by atoms with E-state index in [-0.39, 0.29) is 24.2 Å². The molecule has 0 saturated heterocycles. The molecular weight excluding hydrogens is 482 g/mol. The standard InChI is InChI=1S/C26H37N3O6S/c1-7-22(26(31)27-19(3)4)28(17-20-13-15-21(34-5)16-14-20)25(30)18-29(36(6,32)33)23-11-9-10-12-24(23)35-8-2/h9-16,19,22H,7-8,17-18H2,1-6H3,(H,27,31)/t22-/m1/s1. The third-order valence-electron chi connectivity index (χ3n) is 5.44. The number of sulfonamides is 1. The van der Waals surface area contributed by atoms with Crippen molar-refractivity contribution in [2.45, 2.75) is 52.7 Å². The van der Waals surface area contributed by atoms with E-state index in [1.54, 1.807) is 50.4 Å². The molecule has 0 bridgehead atoms. The average Bonchev–Trinajstić information content (AvgIpc) is 2.82. The van der Waals surface area contributed by atoms with Gasteiger partial charge >= 0.3 is 0 Å². The molecule has 198 valence electrons. The number of rotatable bonds is 13. The fraction of sp³-hybridized carbons (Fsp3) is 0.462. The molecule has 0 radical (unpaired) electrons. The van der Waals surface area contributed by atoms with E-state index in [9.17, 15) is 18.0 Å². The maximum absolute atomic E-state index is 13.7. The molecule has 2 aromatic carbocycles. The average molecular weight is 520 g/mol. The highest BCUT2D eigenvalue weighted by atomic mass is 32.2. The van der Waals surface area contributed by atoms with Crippen LogP contribution < -0.4 is 19.1 Å². The highest BCUT2D eigenvalue weighted by Gasteiger charge is 2.32. The summed E-state index contributed by atoms with van der Waals surface area (Å²) in [7, 11) is -2.29. The van der Waals surface area contributed by atoms with Gasteiger partial charge in [0.2, 0.25) is 21.8 Å². The van der Waals surface area contributed by atoms with Crippen LogP contribution in [0.1, 0.15) is 39.7 Å². The molecule has 9 nitrogen and oxygen atoms in total. The van der Waals surface area contributed by atoms with Gasteiger partial charge in [-0.1, -0.05) is 31.2 Å². The largest absolute Gasteiger partial charge is 0.497 e. The molecule has 0 saturated carbocycles. The second-order valence-corrected chi connectivity index (χ2v) is 10.5. The minimum absolute atomic E-state index is 0.116. The van der Waals surface area contributed by atoms with E-state index in [1.165, 1.54) is 4.90 Å². The Labute approximate surface area is 214 Å². The van der Waals surface area contributed by atoms with Crippen LogP contribution in [0.15, 0.2) is 48.5 Å². The third-order valence-corrected chi connectivity index (χ3v) is 6.57. The maximum Gasteiger partial charge on any atom is 0.244 e. The number of nitrogens with zero attached hydrogens (tertiary/aromatic N) is 2. The predicted molar refractivity (Wildman–Crippen MR) is 141 cm³/mol. The number of nitrogens with one attached hydrogen (secondary N) is 1. The van der Waals surface area contributed by atoms with Gasteiger partial charge in [-0.15, -0.1) is 0 Å². The summed E-state index contributed by atoms with van der Waals surface area (Å²) in [5, 5.41) is 2.87. The zero-order valence-corrected chi connectivity index (χ0v) is 22.7. The van der Waals surface area contributed by atoms with Crippen LogP contribution in [0.4, 0.5) is 5.69 Å². The lowest BCUT2D eigenvalue weighted by Gasteiger charge is -2.33. The molecule has 1 atom stereocenters. The minimum Gasteiger partial charge on any atom is -0.497 e. The molecule has 1 N–H and O–H groups in total. The molecule has 10 heteroatoms. The van der Waals surface area contributed by atoms with Crippen molar-refractivity contribution < 1.29 is 27.5 Å². The van der Waals surface area contributed by atoms with Gasteiger partial charge in [0.15, 0.2) is 0 Å². The molecule has 0 spiro atoms. The topological polar surface area (TPSA) is 105 Å². The van der Waals surface area contributed by atoms with Crippen molar-refractivity contribution in [3.05, 3.63) is 54.1 Å². The molecule has 0 unspecified atom stereocenters. The zero-order chi connectivity index (χ0) is 26.9. The van der Waals surface area contributed by atoms with Crippen molar-refractivity contribution in [2.24, 2.45) is 0 Å². The fourth-order valence-corrected chi connectivity index (χ4v) is 4.62. The van der Waals surface area contributed by atoms with Gasteiger partial charge in [0.25, 0.3) is 0 Å². The molecule has 0 heterocycles. The van der Waals surface area contributed by atoms with Crippen LogP contribution >= 0.6 is 0 Å². The Morgan fingerprint density at radius 3 is 2.19 bits per heavy atom. The predicted octanol–water partition coefficient (Wildman–Crippen LogP) is 3.19. The summed E-state index contributed by atoms with van der Waals surface area (Å²) in [6.45, 7) is 7.27. The summed E-state index contributed by atoms with van der Waals surface area (Å²) in [5.74, 6) is 0.213. The van der Waals surface area contributed by atoms with Gasteiger partial charge in [0, 0.05) is 12.6 Å². The first-order valence-electron chi connectivity index (χ1n) is 11.9. The first-order valence-corrected chi connectivity index (χ1v) is 13.8. The molecule has 0 aliphatic rings. The number of carbonyl (C=O) groups excluding carboxylic acids is 2. The number of amides is 2. The van der Waals surface area contributed by atoms with E-state index in [1.807, 2.05) is 32.9 Å². The van der Waals surface area contributed by atoms with Crippen molar-refractivity contribution in [3.63, 3.8) is 0 Å². The fourth-order valence-electron chi connectivity index (χ4n) is 3.76. The molecule has 2 amide bonds. The lowest BCUT2D eigenvalue weighted by atomic mass is 10.1. The molecule has 0 aromatic heterocycles. The van der Waals surface area contributed by atoms with Crippen LogP contribution in [0, 0.1) is 0 Å². The second kappa shape index (κ2) is 13.2. The highest BCUT2D eigenvalue weighted by molar-refractivity contribution is 7.92. The van der Waals surface area contributed by atoms with Gasteiger partial charge in [0.1, 0.15) is 24.1 Å². The first kappa shape index (κ1) is 29.0. The molecule has 0 aliphatic heterocycles. The van der Waals surface area contributed by atoms with Crippen LogP contribution in [0.3, 0.4) is 0 Å². The van der Waals surface area contributed by atoms with Gasteiger partial charge < -0.3 is 19.7 Å². The number of hydrogen-bond donors (Lipinski definition) is 1. The third kappa shape index (κ3) is 7.87. The number of anilines is 1. The van der Waals surface area contributed by atoms with E-state index >= 15 is 0 Å². The number of ether oxygens (including phenoxy) is 2. The number of carbonyl (C=O) groups is 2. The zero-order valence-electron chi connectivity index (χ0n) is 21.9. The number of para-hydroxylation sites is 2. The molecule has 0 fully saturated rings. The minimum atomic E-state index is -3.85. The summed E-state index contributed by atoms with van der Waals surface area (Å²) in [5.41, 5.74) is 1.04. The summed E-state index contributed by atoms with van der Waals surface area (Å²) in [4.78, 5) is 28.2. The van der Waals surface area contributed by atoms with E-state index in [4.69, 9.17) is 9.47 Å². The van der Waals surface area contributed by atoms with Gasteiger partial charge in [-0.05, 0) is 57.0 Å². The number of methoxy groups -OCH3 is 1. The van der Waals surface area contributed by atoms with Crippen LogP contribution in [-0.2, 0) is 26.2 Å². The first-order chi connectivity index (χ1) is 17.0. The highest BCUT2D eigenvalue weighted by Crippen LogP contribution is 2.30. The van der Waals surface area contributed by atoms with Crippen LogP contribution in [0.5, 0.6) is 11.5 Å². The maximum atomic E-state index is 13.7. The van der Waals surface area contributed by atoms with Crippen LogP contribution in [-0.4, -0.2) is 63.7 Å². The number of benzene rings is 2. The normalized spacial score (nSPS) is 12.1. The van der Waals surface area contributed by atoms with Crippen molar-refractivity contribution >= 4 is 27.5 Å². The lowest BCUT2D eigenvalue weighted by molar-refractivity contribution is -0.140. The molecular formula is C26H37N3O6S. The summed E-state index contributed by atoms with van der Waals surface area (Å²) < 4.78 is 37.5. The summed E-state index contributed by atoms with van der Waals surface area (Å²) >= 11 is 0. The summed E-state index contributed by atoms with van der Waals surface area (Å²) in [6, 6.07) is 12.9. The van der Waals surface area contributed by atoms with Crippen LogP contribution in [0.25, 0.3) is 0 Å². The van der Waals surface area contributed by atoms with Gasteiger partial charge in [-0.2, -0.15) is 0 Å². The monoisotopic (exact) mass is 519 g/mol. The van der Waals surface area contributed by atoms with E-state index in [0.717, 1.165) is 16.1 Å². The molecule has 36 heavy (non-hydrogen) atoms. The van der Waals surface area contributed by atoms with Crippen molar-refractivity contribution in [3.8, 4) is 11.5 Å².